The maximum Gasteiger partial charge on any atom is 0.235 e. The number of hydrogen-bond donors (Lipinski definition) is 0. The van der Waals surface area contributed by atoms with Gasteiger partial charge in [0.1, 0.15) is 0 Å². The van der Waals surface area contributed by atoms with Gasteiger partial charge < -0.3 is 4.90 Å². The Balaban J connectivity index is 1.28. The molecule has 1 spiro atoms. The van der Waals surface area contributed by atoms with Gasteiger partial charge in [-0.3, -0.25) is 9.88 Å². The highest BCUT2D eigenvalue weighted by molar-refractivity contribution is 7.23. The quantitative estimate of drug-likeness (QED) is 0.177. The molecule has 0 amide bonds. The van der Waals surface area contributed by atoms with E-state index in [1.807, 2.05) is 18.3 Å². The van der Waals surface area contributed by atoms with Crippen LogP contribution in [0.25, 0.3) is 22.5 Å². The Hall–Kier alpha value is -6.63. The lowest BCUT2D eigenvalue weighted by atomic mass is 10.1. The zero-order valence-electron chi connectivity index (χ0n) is 27.6. The van der Waals surface area contributed by atoms with E-state index in [9.17, 15) is 0 Å². The van der Waals surface area contributed by atoms with Crippen LogP contribution in [0.15, 0.2) is 188 Å². The van der Waals surface area contributed by atoms with E-state index in [1.54, 1.807) is 6.20 Å². The van der Waals surface area contributed by atoms with Crippen molar-refractivity contribution in [2.75, 3.05) is 9.80 Å². The molecule has 240 valence electrons. The Labute approximate surface area is 297 Å². The lowest BCUT2D eigenvalue weighted by molar-refractivity contribution is 1.09. The molecule has 10 rings (SSSR count). The molecule has 4 heterocycles. The number of anilines is 6. The maximum atomic E-state index is 5.33. The molecule has 51 heavy (non-hydrogen) atoms. The molecule has 0 bridgehead atoms. The minimum atomic E-state index is -2.91. The molecule has 2 aromatic heterocycles. The summed E-state index contributed by atoms with van der Waals surface area (Å²) in [4.78, 5) is 19.8. The normalized spacial score (nSPS) is 13.6. The smallest absolute Gasteiger partial charge is 0.235 e. The second kappa shape index (κ2) is 11.8. The molecular formula is C45H31N5Si. The van der Waals surface area contributed by atoms with Gasteiger partial charge in [-0.15, -0.1) is 0 Å². The van der Waals surface area contributed by atoms with Crippen LogP contribution in [0, 0.1) is 0 Å². The highest BCUT2D eigenvalue weighted by atomic mass is 28.3. The minimum Gasteiger partial charge on any atom is -0.311 e. The minimum absolute atomic E-state index is 0.627. The van der Waals surface area contributed by atoms with Gasteiger partial charge in [0.25, 0.3) is 0 Å². The van der Waals surface area contributed by atoms with Crippen LogP contribution < -0.4 is 30.5 Å². The third-order valence-electron chi connectivity index (χ3n) is 10.2. The van der Waals surface area contributed by atoms with Crippen molar-refractivity contribution in [1.29, 1.82) is 0 Å². The number of fused-ring (bicyclic) bond motifs is 8. The summed E-state index contributed by atoms with van der Waals surface area (Å²) in [5, 5.41) is 5.35. The number of para-hydroxylation sites is 5. The van der Waals surface area contributed by atoms with Crippen molar-refractivity contribution in [3.63, 3.8) is 0 Å². The van der Waals surface area contributed by atoms with Crippen molar-refractivity contribution in [3.8, 4) is 22.5 Å². The largest absolute Gasteiger partial charge is 0.311 e. The molecule has 0 atom stereocenters. The first kappa shape index (κ1) is 29.3. The molecular weight excluding hydrogens is 639 g/mol. The van der Waals surface area contributed by atoms with Crippen molar-refractivity contribution in [1.82, 2.24) is 15.0 Å². The summed E-state index contributed by atoms with van der Waals surface area (Å²) in [6, 6.07) is 63.1. The maximum absolute atomic E-state index is 5.33. The predicted octanol–water partition coefficient (Wildman–Crippen LogP) is 8.15. The van der Waals surface area contributed by atoms with Gasteiger partial charge in [-0.1, -0.05) is 121 Å². The van der Waals surface area contributed by atoms with Crippen LogP contribution in [-0.2, 0) is 0 Å². The van der Waals surface area contributed by atoms with Gasteiger partial charge in [0, 0.05) is 52.0 Å². The SMILES string of the molecule is c1ccc(-c2cc(-c3cccnc3)nc(N3c4ccccc4[Si]4(c5ccccc5N(c5ccccc5)c5ccccc54)c4ccccc43)n2)cc1. The Morgan fingerprint density at radius 1 is 0.392 bits per heavy atom. The van der Waals surface area contributed by atoms with Gasteiger partial charge in [-0.25, -0.2) is 9.97 Å². The first-order chi connectivity index (χ1) is 25.3. The average molecular weight is 670 g/mol. The van der Waals surface area contributed by atoms with E-state index in [0.717, 1.165) is 39.6 Å². The molecule has 0 saturated carbocycles. The molecule has 5 nitrogen and oxygen atoms in total. The first-order valence-corrected chi connectivity index (χ1v) is 19.2. The number of nitrogens with zero attached hydrogens (tertiary/aromatic N) is 5. The molecule has 2 aliphatic heterocycles. The van der Waals surface area contributed by atoms with Gasteiger partial charge in [0.2, 0.25) is 5.95 Å². The van der Waals surface area contributed by atoms with E-state index in [4.69, 9.17) is 9.97 Å². The molecule has 2 aliphatic rings. The van der Waals surface area contributed by atoms with Crippen LogP contribution in [0.3, 0.4) is 0 Å². The van der Waals surface area contributed by atoms with E-state index in [1.165, 1.54) is 32.1 Å². The highest BCUT2D eigenvalue weighted by Gasteiger charge is 2.54. The fraction of sp³-hybridized carbons (Fsp3) is 0. The predicted molar refractivity (Wildman–Crippen MR) is 211 cm³/mol. The van der Waals surface area contributed by atoms with Crippen molar-refractivity contribution >= 4 is 63.2 Å². The molecule has 0 radical (unpaired) electrons. The molecule has 6 heteroatoms. The van der Waals surface area contributed by atoms with Crippen LogP contribution >= 0.6 is 0 Å². The summed E-state index contributed by atoms with van der Waals surface area (Å²) in [6.45, 7) is 0. The Bertz CT molecular complexity index is 2400. The highest BCUT2D eigenvalue weighted by Crippen LogP contribution is 2.43. The van der Waals surface area contributed by atoms with Crippen LogP contribution in [0.1, 0.15) is 0 Å². The van der Waals surface area contributed by atoms with E-state index in [2.05, 4.69) is 179 Å². The molecule has 0 unspecified atom stereocenters. The van der Waals surface area contributed by atoms with Crippen molar-refractivity contribution in [2.45, 2.75) is 0 Å². The van der Waals surface area contributed by atoms with Gasteiger partial charge in [-0.2, -0.15) is 0 Å². The van der Waals surface area contributed by atoms with E-state index in [-0.39, 0.29) is 0 Å². The van der Waals surface area contributed by atoms with Crippen molar-refractivity contribution in [2.24, 2.45) is 0 Å². The van der Waals surface area contributed by atoms with Gasteiger partial charge >= 0.3 is 0 Å². The summed E-state index contributed by atoms with van der Waals surface area (Å²) in [7, 11) is -2.91. The molecule has 0 saturated heterocycles. The molecule has 6 aromatic carbocycles. The number of aromatic nitrogens is 3. The number of pyridine rings is 1. The molecule has 0 fully saturated rings. The van der Waals surface area contributed by atoms with Crippen LogP contribution in [0.2, 0.25) is 0 Å². The lowest BCUT2D eigenvalue weighted by Crippen LogP contribution is -2.79. The second-order valence-electron chi connectivity index (χ2n) is 12.9. The summed E-state index contributed by atoms with van der Waals surface area (Å²) < 4.78 is 0. The zero-order chi connectivity index (χ0) is 33.8. The number of benzene rings is 6. The summed E-state index contributed by atoms with van der Waals surface area (Å²) in [6.07, 6.45) is 3.67. The average Bonchev–Trinajstić information content (AvgIpc) is 3.21. The fourth-order valence-corrected chi connectivity index (χ4v) is 13.5. The number of hydrogen-bond acceptors (Lipinski definition) is 5. The van der Waals surface area contributed by atoms with E-state index >= 15 is 0 Å². The van der Waals surface area contributed by atoms with Gasteiger partial charge in [-0.05, 0) is 75.3 Å². The Morgan fingerprint density at radius 3 is 1.33 bits per heavy atom. The van der Waals surface area contributed by atoms with Gasteiger partial charge in [0.15, 0.2) is 8.07 Å². The lowest BCUT2D eigenvalue weighted by Gasteiger charge is -2.49. The second-order valence-corrected chi connectivity index (χ2v) is 16.5. The van der Waals surface area contributed by atoms with E-state index in [0.29, 0.717) is 5.95 Å². The zero-order valence-corrected chi connectivity index (χ0v) is 28.6. The third kappa shape index (κ3) is 4.43. The monoisotopic (exact) mass is 669 g/mol. The van der Waals surface area contributed by atoms with Crippen LogP contribution in [-0.4, -0.2) is 23.0 Å². The third-order valence-corrected chi connectivity index (χ3v) is 15.1. The Morgan fingerprint density at radius 2 is 0.824 bits per heavy atom. The van der Waals surface area contributed by atoms with Crippen molar-refractivity contribution < 1.29 is 0 Å². The van der Waals surface area contributed by atoms with Gasteiger partial charge in [0.05, 0.1) is 11.4 Å². The fourth-order valence-electron chi connectivity index (χ4n) is 8.10. The summed E-state index contributed by atoms with van der Waals surface area (Å²) in [5.41, 5.74) is 9.44. The van der Waals surface area contributed by atoms with E-state index < -0.39 is 8.07 Å². The standard InChI is InChI=1S/C45H31N5Si/c1-3-16-32(17-4-1)35-30-36(33-18-15-29-46-31-33)48-45(47-35)50-39-23-9-13-27-43(39)51(44-28-14-10-24-40(44)50)41-25-11-7-21-37(41)49(34-19-5-2-6-20-34)38-22-8-12-26-42(38)51/h1-31H. The molecule has 8 aromatic rings. The molecule has 0 aliphatic carbocycles. The Kier molecular flexibility index (Phi) is 6.75. The molecule has 0 N–H and O–H groups in total. The summed E-state index contributed by atoms with van der Waals surface area (Å²) >= 11 is 0. The van der Waals surface area contributed by atoms with Crippen LogP contribution in [0.4, 0.5) is 34.4 Å². The van der Waals surface area contributed by atoms with Crippen molar-refractivity contribution in [3.05, 3.63) is 188 Å². The first-order valence-electron chi connectivity index (χ1n) is 17.2. The topological polar surface area (TPSA) is 45.2 Å². The summed E-state index contributed by atoms with van der Waals surface area (Å²) in [5.74, 6) is 0.627. The number of rotatable bonds is 4. The van der Waals surface area contributed by atoms with Crippen LogP contribution in [0.5, 0.6) is 0 Å².